The van der Waals surface area contributed by atoms with Crippen LogP contribution in [0.1, 0.15) is 0 Å². The molecular weight excluding hydrogens is 500 g/mol. The molecule has 3 N–H and O–H groups in total. The highest BCUT2D eigenvalue weighted by Gasteiger charge is 2.50. The number of nitrogens with one attached hydrogen (secondary N) is 2. The van der Waals surface area contributed by atoms with Gasteiger partial charge >= 0.3 is 5.97 Å². The third kappa shape index (κ3) is 4.51. The highest BCUT2D eigenvalue weighted by atomic mass is 32.2. The molecule has 5 rings (SSSR count). The molecule has 4 aromatic rings. The first-order valence-corrected chi connectivity index (χ1v) is 13.6. The summed E-state index contributed by atoms with van der Waals surface area (Å²) in [4.78, 5) is 27.8. The number of nitrogens with zero attached hydrogens (tertiary/aromatic N) is 2. The second-order valence-electron chi connectivity index (χ2n) is 7.54. The summed E-state index contributed by atoms with van der Waals surface area (Å²) >= 11 is 2.19. The number of cyclic esters (lactones) is 1. The Morgan fingerprint density at radius 2 is 1.62 bits per heavy atom. The maximum absolute atomic E-state index is 12.4. The van der Waals surface area contributed by atoms with Crippen LogP contribution in [0, 0.1) is 0 Å². The Morgan fingerprint density at radius 1 is 1.03 bits per heavy atom. The number of carbonyl (C=O) groups is 1. The number of thioether (sulfide) groups is 2. The van der Waals surface area contributed by atoms with Gasteiger partial charge in [-0.15, -0.1) is 0 Å². The van der Waals surface area contributed by atoms with Crippen molar-refractivity contribution in [1.82, 2.24) is 19.9 Å². The van der Waals surface area contributed by atoms with E-state index in [9.17, 15) is 18.3 Å². The van der Waals surface area contributed by atoms with Gasteiger partial charge in [0, 0.05) is 5.75 Å². The number of aromatic nitrogens is 4. The van der Waals surface area contributed by atoms with Crippen molar-refractivity contribution in [3.63, 3.8) is 0 Å². The Hall–Kier alpha value is -3.00. The molecule has 1 atom stereocenters. The molecule has 0 radical (unpaired) electrons. The smallest absolute Gasteiger partial charge is 0.375 e. The van der Waals surface area contributed by atoms with Gasteiger partial charge in [0.2, 0.25) is 5.76 Å². The molecule has 2 aromatic carbocycles. The quantitative estimate of drug-likeness (QED) is 0.180. The fraction of sp³-hybridized carbons (Fsp3) is 0.190. The molecule has 10 nitrogen and oxygen atoms in total. The lowest BCUT2D eigenvalue weighted by Crippen LogP contribution is -2.40. The highest BCUT2D eigenvalue weighted by molar-refractivity contribution is 8.03. The van der Waals surface area contributed by atoms with E-state index in [4.69, 9.17) is 8.92 Å². The zero-order valence-electron chi connectivity index (χ0n) is 17.6. The van der Waals surface area contributed by atoms with E-state index in [0.717, 1.165) is 34.6 Å². The maximum atomic E-state index is 12.4. The fourth-order valence-electron chi connectivity index (χ4n) is 3.41. The third-order valence-corrected chi connectivity index (χ3v) is 7.77. The number of aliphatic hydroxyl groups is 1. The van der Waals surface area contributed by atoms with E-state index in [0.29, 0.717) is 15.8 Å². The van der Waals surface area contributed by atoms with Crippen LogP contribution in [0.3, 0.4) is 0 Å². The zero-order chi connectivity index (χ0) is 23.9. The van der Waals surface area contributed by atoms with E-state index >= 15 is 0 Å². The van der Waals surface area contributed by atoms with E-state index in [1.54, 1.807) is 0 Å². The Labute approximate surface area is 202 Å². The SMILES string of the molecule is CS(=O)(=O)OCC1(CSc2nc3ccccc3[nH]2)OC(=O)C(O)=C1Sc1nc2ccccc2[nH]1. The number of hydrogen-bond donors (Lipinski definition) is 3. The molecular formula is C21H18N4O6S3. The number of fused-ring (bicyclic) bond motifs is 2. The summed E-state index contributed by atoms with van der Waals surface area (Å²) < 4.78 is 34.1. The van der Waals surface area contributed by atoms with Gasteiger partial charge < -0.3 is 19.8 Å². The van der Waals surface area contributed by atoms with Gasteiger partial charge in [-0.2, -0.15) is 8.42 Å². The van der Waals surface area contributed by atoms with Gasteiger partial charge in [0.15, 0.2) is 15.9 Å². The molecule has 3 heterocycles. The molecule has 34 heavy (non-hydrogen) atoms. The predicted octanol–water partition coefficient (Wildman–Crippen LogP) is 3.37. The van der Waals surface area contributed by atoms with Crippen LogP contribution in [-0.4, -0.2) is 63.6 Å². The van der Waals surface area contributed by atoms with Crippen LogP contribution in [0.2, 0.25) is 0 Å². The topological polar surface area (TPSA) is 147 Å². The van der Waals surface area contributed by atoms with E-state index in [2.05, 4.69) is 19.9 Å². The number of benzene rings is 2. The van der Waals surface area contributed by atoms with Crippen molar-refractivity contribution in [2.75, 3.05) is 18.6 Å². The summed E-state index contributed by atoms with van der Waals surface area (Å²) in [7, 11) is -3.87. The molecule has 0 spiro atoms. The summed E-state index contributed by atoms with van der Waals surface area (Å²) in [5.41, 5.74) is 1.46. The Morgan fingerprint density at radius 3 is 2.24 bits per heavy atom. The molecule has 2 aromatic heterocycles. The predicted molar refractivity (Wildman–Crippen MR) is 128 cm³/mol. The minimum absolute atomic E-state index is 0.0285. The number of aliphatic hydroxyl groups excluding tert-OH is 1. The Balaban J connectivity index is 1.49. The maximum Gasteiger partial charge on any atom is 0.375 e. The number of rotatable bonds is 8. The van der Waals surface area contributed by atoms with Crippen molar-refractivity contribution >= 4 is 61.7 Å². The van der Waals surface area contributed by atoms with Crippen molar-refractivity contribution in [2.24, 2.45) is 0 Å². The standard InChI is InChI=1S/C21H18N4O6S3/c1-34(28,29)30-10-21(11-32-19-22-12-6-2-3-7-13(12)23-19)17(16(26)18(27)31-21)33-20-24-14-8-4-5-9-15(14)25-20/h2-9,26H,10-11H2,1H3,(H,22,23)(H,24,25). The minimum atomic E-state index is -3.87. The molecule has 1 aliphatic rings. The number of hydrogen-bond acceptors (Lipinski definition) is 10. The van der Waals surface area contributed by atoms with E-state index in [1.807, 2.05) is 48.5 Å². The molecule has 0 aliphatic carbocycles. The van der Waals surface area contributed by atoms with Crippen LogP contribution < -0.4 is 0 Å². The molecule has 13 heteroatoms. The lowest BCUT2D eigenvalue weighted by atomic mass is 10.1. The molecule has 1 aliphatic heterocycles. The molecule has 0 amide bonds. The van der Waals surface area contributed by atoms with Crippen LogP contribution in [0.4, 0.5) is 0 Å². The van der Waals surface area contributed by atoms with Crippen molar-refractivity contribution in [3.8, 4) is 0 Å². The second-order valence-corrected chi connectivity index (χ2v) is 11.1. The number of para-hydroxylation sites is 4. The first-order chi connectivity index (χ1) is 16.2. The summed E-state index contributed by atoms with van der Waals surface area (Å²) in [5.74, 6) is -1.56. The summed E-state index contributed by atoms with van der Waals surface area (Å²) in [6.07, 6.45) is 0.902. The summed E-state index contributed by atoms with van der Waals surface area (Å²) in [5, 5.41) is 11.5. The lowest BCUT2D eigenvalue weighted by Gasteiger charge is -2.28. The molecule has 0 saturated carbocycles. The van der Waals surface area contributed by atoms with E-state index in [1.165, 1.54) is 11.8 Å². The molecule has 176 valence electrons. The molecule has 0 saturated heterocycles. The van der Waals surface area contributed by atoms with Crippen molar-refractivity contribution in [3.05, 3.63) is 59.2 Å². The Kier molecular flexibility index (Phi) is 5.80. The van der Waals surface area contributed by atoms with Crippen LogP contribution in [0.15, 0.2) is 69.5 Å². The monoisotopic (exact) mass is 518 g/mol. The van der Waals surface area contributed by atoms with Crippen LogP contribution in [0.5, 0.6) is 0 Å². The average Bonchev–Trinajstić information content (AvgIpc) is 3.46. The van der Waals surface area contributed by atoms with Crippen LogP contribution in [0.25, 0.3) is 22.1 Å². The van der Waals surface area contributed by atoms with Gasteiger partial charge in [0.05, 0.1) is 33.2 Å². The van der Waals surface area contributed by atoms with Gasteiger partial charge in [0.25, 0.3) is 10.1 Å². The number of aromatic amines is 2. The first-order valence-electron chi connectivity index (χ1n) is 9.94. The highest BCUT2D eigenvalue weighted by Crippen LogP contribution is 2.45. The van der Waals surface area contributed by atoms with Crippen molar-refractivity contribution < 1.29 is 27.2 Å². The van der Waals surface area contributed by atoms with Gasteiger partial charge in [0.1, 0.15) is 6.61 Å². The molecule has 0 bridgehead atoms. The van der Waals surface area contributed by atoms with Gasteiger partial charge in [-0.3, -0.25) is 4.18 Å². The van der Waals surface area contributed by atoms with E-state index in [-0.39, 0.29) is 10.7 Å². The normalized spacial score (nSPS) is 18.8. The van der Waals surface area contributed by atoms with Crippen LogP contribution >= 0.6 is 23.5 Å². The number of carbonyl (C=O) groups excluding carboxylic acids is 1. The third-order valence-electron chi connectivity index (χ3n) is 4.99. The average molecular weight is 519 g/mol. The van der Waals surface area contributed by atoms with E-state index < -0.39 is 34.1 Å². The van der Waals surface area contributed by atoms with Gasteiger partial charge in [-0.25, -0.2) is 14.8 Å². The van der Waals surface area contributed by atoms with Crippen molar-refractivity contribution in [1.29, 1.82) is 0 Å². The van der Waals surface area contributed by atoms with Gasteiger partial charge in [-0.05, 0) is 36.0 Å². The summed E-state index contributed by atoms with van der Waals surface area (Å²) in [6, 6.07) is 14.8. The largest absolute Gasteiger partial charge is 0.501 e. The second kappa shape index (κ2) is 8.65. The van der Waals surface area contributed by atoms with Gasteiger partial charge in [-0.1, -0.05) is 36.0 Å². The number of ether oxygens (including phenoxy) is 1. The fourth-order valence-corrected chi connectivity index (χ4v) is 5.95. The molecule has 0 fully saturated rings. The lowest BCUT2D eigenvalue weighted by molar-refractivity contribution is -0.149. The van der Waals surface area contributed by atoms with Crippen molar-refractivity contribution in [2.45, 2.75) is 15.9 Å². The first kappa shape index (κ1) is 22.8. The Bertz CT molecular complexity index is 1480. The number of H-pyrrole nitrogens is 2. The molecule has 1 unspecified atom stereocenters. The summed E-state index contributed by atoms with van der Waals surface area (Å²) in [6.45, 7) is -0.516. The zero-order valence-corrected chi connectivity index (χ0v) is 20.1. The minimum Gasteiger partial charge on any atom is -0.501 e. The number of esters is 1. The number of imidazole rings is 2. The van der Waals surface area contributed by atoms with Crippen LogP contribution in [-0.2, 0) is 23.8 Å².